The van der Waals surface area contributed by atoms with E-state index in [0.717, 1.165) is 0 Å². The lowest BCUT2D eigenvalue weighted by molar-refractivity contribution is -0.134. The Labute approximate surface area is 128 Å². The Morgan fingerprint density at radius 3 is 2.52 bits per heavy atom. The lowest BCUT2D eigenvalue weighted by atomic mass is 10.1. The van der Waals surface area contributed by atoms with Crippen LogP contribution in [0.3, 0.4) is 0 Å². The lowest BCUT2D eigenvalue weighted by Gasteiger charge is -2.20. The molecule has 1 amide bonds. The summed E-state index contributed by atoms with van der Waals surface area (Å²) < 4.78 is 9.69. The van der Waals surface area contributed by atoms with Gasteiger partial charge in [-0.2, -0.15) is 0 Å². The number of hydrogen-bond donors (Lipinski definition) is 1. The first-order valence-electron chi connectivity index (χ1n) is 6.27. The maximum atomic E-state index is 11.8. The molecule has 0 unspecified atom stereocenters. The molecular weight excluding hydrogens is 294 g/mol. The Hall–Kier alpha value is -2.01. The molecule has 5 nitrogen and oxygen atoms in total. The van der Waals surface area contributed by atoms with E-state index in [1.165, 1.54) is 19.3 Å². The SMILES string of the molecule is COC(=O)C=Cc1cccc(Cl)c1NC(=O)OC(C)(C)C. The van der Waals surface area contributed by atoms with Crippen molar-refractivity contribution in [3.63, 3.8) is 0 Å². The van der Waals surface area contributed by atoms with Crippen LogP contribution in [-0.4, -0.2) is 24.8 Å². The fourth-order valence-electron chi connectivity index (χ4n) is 1.44. The van der Waals surface area contributed by atoms with Crippen molar-refractivity contribution in [2.24, 2.45) is 0 Å². The van der Waals surface area contributed by atoms with Gasteiger partial charge in [0, 0.05) is 6.08 Å². The zero-order chi connectivity index (χ0) is 16.0. The minimum atomic E-state index is -0.622. The van der Waals surface area contributed by atoms with Crippen LogP contribution >= 0.6 is 11.6 Å². The molecule has 0 aromatic heterocycles. The van der Waals surface area contributed by atoms with Gasteiger partial charge in [0.25, 0.3) is 0 Å². The molecule has 0 saturated heterocycles. The van der Waals surface area contributed by atoms with E-state index in [1.54, 1.807) is 39.0 Å². The molecule has 0 aliphatic carbocycles. The number of esters is 1. The third-order valence-corrected chi connectivity index (χ3v) is 2.59. The molecule has 1 N–H and O–H groups in total. The first-order valence-corrected chi connectivity index (χ1v) is 6.65. The predicted octanol–water partition coefficient (Wildman–Crippen LogP) is 3.87. The third-order valence-electron chi connectivity index (χ3n) is 2.27. The van der Waals surface area contributed by atoms with Gasteiger partial charge in [0.2, 0.25) is 0 Å². The molecule has 114 valence electrons. The van der Waals surface area contributed by atoms with E-state index in [4.69, 9.17) is 16.3 Å². The maximum Gasteiger partial charge on any atom is 0.412 e. The van der Waals surface area contributed by atoms with Gasteiger partial charge in [0.15, 0.2) is 0 Å². The summed E-state index contributed by atoms with van der Waals surface area (Å²) in [6, 6.07) is 5.04. The number of halogens is 1. The highest BCUT2D eigenvalue weighted by atomic mass is 35.5. The number of hydrogen-bond acceptors (Lipinski definition) is 4. The molecule has 0 fully saturated rings. The number of rotatable bonds is 3. The van der Waals surface area contributed by atoms with Crippen LogP contribution in [0.25, 0.3) is 6.08 Å². The molecule has 0 radical (unpaired) electrons. The normalized spacial score (nSPS) is 11.3. The summed E-state index contributed by atoms with van der Waals surface area (Å²) in [5.74, 6) is -0.502. The number of carbonyl (C=O) groups excluding carboxylic acids is 2. The van der Waals surface area contributed by atoms with Gasteiger partial charge in [-0.25, -0.2) is 9.59 Å². The van der Waals surface area contributed by atoms with Crippen molar-refractivity contribution >= 4 is 35.4 Å². The van der Waals surface area contributed by atoms with E-state index in [0.29, 0.717) is 16.3 Å². The van der Waals surface area contributed by atoms with Crippen LogP contribution in [0.2, 0.25) is 5.02 Å². The number of nitrogens with one attached hydrogen (secondary N) is 1. The van der Waals surface area contributed by atoms with Gasteiger partial charge in [-0.15, -0.1) is 0 Å². The minimum absolute atomic E-state index is 0.341. The molecule has 0 atom stereocenters. The fourth-order valence-corrected chi connectivity index (χ4v) is 1.67. The summed E-state index contributed by atoms with van der Waals surface area (Å²) in [5.41, 5.74) is 0.320. The van der Waals surface area contributed by atoms with Crippen molar-refractivity contribution in [3.8, 4) is 0 Å². The van der Waals surface area contributed by atoms with Crippen LogP contribution in [0.5, 0.6) is 0 Å². The largest absolute Gasteiger partial charge is 0.466 e. The second kappa shape index (κ2) is 7.13. The molecule has 1 rings (SSSR count). The number of carbonyl (C=O) groups is 2. The van der Waals surface area contributed by atoms with Crippen molar-refractivity contribution in [1.82, 2.24) is 0 Å². The van der Waals surface area contributed by atoms with Crippen molar-refractivity contribution in [1.29, 1.82) is 0 Å². The Balaban J connectivity index is 2.98. The summed E-state index contributed by atoms with van der Waals surface area (Å²) in [6.07, 6.45) is 2.12. The summed E-state index contributed by atoms with van der Waals surface area (Å²) in [5, 5.41) is 2.92. The molecule has 6 heteroatoms. The fraction of sp³-hybridized carbons (Fsp3) is 0.333. The monoisotopic (exact) mass is 311 g/mol. The molecule has 0 spiro atoms. The van der Waals surface area contributed by atoms with E-state index < -0.39 is 17.7 Å². The molecule has 0 heterocycles. The van der Waals surface area contributed by atoms with Gasteiger partial charge in [0.1, 0.15) is 5.60 Å². The summed E-state index contributed by atoms with van der Waals surface area (Å²) in [7, 11) is 1.28. The van der Waals surface area contributed by atoms with Crippen molar-refractivity contribution in [3.05, 3.63) is 34.9 Å². The van der Waals surface area contributed by atoms with Gasteiger partial charge in [-0.3, -0.25) is 5.32 Å². The van der Waals surface area contributed by atoms with Crippen molar-refractivity contribution in [2.45, 2.75) is 26.4 Å². The molecule has 0 bridgehead atoms. The Morgan fingerprint density at radius 1 is 1.29 bits per heavy atom. The van der Waals surface area contributed by atoms with E-state index in [-0.39, 0.29) is 0 Å². The lowest BCUT2D eigenvalue weighted by Crippen LogP contribution is -2.27. The van der Waals surface area contributed by atoms with E-state index in [1.807, 2.05) is 0 Å². The minimum Gasteiger partial charge on any atom is -0.466 e. The molecular formula is C15H18ClNO4. The molecule has 0 aliphatic rings. The molecule has 0 saturated carbocycles. The van der Waals surface area contributed by atoms with E-state index >= 15 is 0 Å². The van der Waals surface area contributed by atoms with Gasteiger partial charge in [0.05, 0.1) is 17.8 Å². The Kier molecular flexibility index (Phi) is 5.79. The van der Waals surface area contributed by atoms with Crippen LogP contribution < -0.4 is 5.32 Å². The van der Waals surface area contributed by atoms with Crippen LogP contribution in [-0.2, 0) is 14.3 Å². The van der Waals surface area contributed by atoms with Crippen LogP contribution in [0.1, 0.15) is 26.3 Å². The third kappa shape index (κ3) is 5.87. The standard InChI is InChI=1S/C15H18ClNO4/c1-15(2,3)21-14(19)17-13-10(6-5-7-11(13)16)8-9-12(18)20-4/h5-9H,1-4H3,(H,17,19). The van der Waals surface area contributed by atoms with Crippen molar-refractivity contribution in [2.75, 3.05) is 12.4 Å². The predicted molar refractivity (Wildman–Crippen MR) is 82.4 cm³/mol. The van der Waals surface area contributed by atoms with E-state index in [2.05, 4.69) is 10.1 Å². The first-order chi connectivity index (χ1) is 9.73. The highest BCUT2D eigenvalue weighted by molar-refractivity contribution is 6.34. The zero-order valence-corrected chi connectivity index (χ0v) is 13.2. The van der Waals surface area contributed by atoms with Crippen LogP contribution in [0.4, 0.5) is 10.5 Å². The second-order valence-electron chi connectivity index (χ2n) is 5.19. The number of amides is 1. The molecule has 21 heavy (non-hydrogen) atoms. The molecule has 1 aromatic rings. The van der Waals surface area contributed by atoms with E-state index in [9.17, 15) is 9.59 Å². The first kappa shape index (κ1) is 17.0. The maximum absolute atomic E-state index is 11.8. The smallest absolute Gasteiger partial charge is 0.412 e. The number of para-hydroxylation sites is 1. The van der Waals surface area contributed by atoms with Crippen LogP contribution in [0.15, 0.2) is 24.3 Å². The van der Waals surface area contributed by atoms with Gasteiger partial charge < -0.3 is 9.47 Å². The van der Waals surface area contributed by atoms with Gasteiger partial charge >= 0.3 is 12.1 Å². The zero-order valence-electron chi connectivity index (χ0n) is 12.4. The highest BCUT2D eigenvalue weighted by Crippen LogP contribution is 2.27. The van der Waals surface area contributed by atoms with Gasteiger partial charge in [-0.05, 0) is 38.5 Å². The Bertz CT molecular complexity index is 561. The number of ether oxygens (including phenoxy) is 2. The summed E-state index contributed by atoms with van der Waals surface area (Å²) in [4.78, 5) is 23.0. The number of anilines is 1. The average molecular weight is 312 g/mol. The second-order valence-corrected chi connectivity index (χ2v) is 5.59. The van der Waals surface area contributed by atoms with Crippen molar-refractivity contribution < 1.29 is 19.1 Å². The number of benzene rings is 1. The average Bonchev–Trinajstić information content (AvgIpc) is 2.37. The molecule has 0 aliphatic heterocycles. The van der Waals surface area contributed by atoms with Crippen LogP contribution in [0, 0.1) is 0 Å². The summed E-state index contributed by atoms with van der Waals surface area (Å²) in [6.45, 7) is 5.28. The highest BCUT2D eigenvalue weighted by Gasteiger charge is 2.18. The number of methoxy groups -OCH3 is 1. The Morgan fingerprint density at radius 2 is 1.95 bits per heavy atom. The quantitative estimate of drug-likeness (QED) is 0.679. The van der Waals surface area contributed by atoms with Gasteiger partial charge in [-0.1, -0.05) is 23.7 Å². The molecule has 1 aromatic carbocycles. The topological polar surface area (TPSA) is 64.6 Å². The summed E-state index contributed by atoms with van der Waals surface area (Å²) >= 11 is 6.07.